The molecule has 2 heterocycles. The van der Waals surface area contributed by atoms with Gasteiger partial charge in [0, 0.05) is 32.7 Å². The Bertz CT molecular complexity index is 1070. The summed E-state index contributed by atoms with van der Waals surface area (Å²) >= 11 is 0. The van der Waals surface area contributed by atoms with Gasteiger partial charge in [-0.15, -0.1) is 10.2 Å². The Kier molecular flexibility index (Phi) is 6.62. The molecule has 7 nitrogen and oxygen atoms in total. The molecule has 162 valence electrons. The van der Waals surface area contributed by atoms with Crippen LogP contribution in [0.3, 0.4) is 0 Å². The van der Waals surface area contributed by atoms with Gasteiger partial charge in [0.05, 0.1) is 0 Å². The number of nitrogens with zero attached hydrogens (tertiary/aromatic N) is 4. The highest BCUT2D eigenvalue weighted by molar-refractivity contribution is 5.92. The lowest BCUT2D eigenvalue weighted by atomic mass is 10.0. The summed E-state index contributed by atoms with van der Waals surface area (Å²) in [6.45, 7) is 8.78. The van der Waals surface area contributed by atoms with Crippen LogP contribution in [0.1, 0.15) is 36.5 Å². The molecule has 1 fully saturated rings. The normalized spacial score (nSPS) is 14.3. The number of amides is 1. The van der Waals surface area contributed by atoms with Gasteiger partial charge in [-0.05, 0) is 43.1 Å². The van der Waals surface area contributed by atoms with Gasteiger partial charge in [-0.2, -0.15) is 0 Å². The second-order valence-electron chi connectivity index (χ2n) is 8.13. The van der Waals surface area contributed by atoms with Crippen LogP contribution in [0.4, 0.5) is 5.95 Å². The maximum absolute atomic E-state index is 13.1. The van der Waals surface area contributed by atoms with Crippen molar-refractivity contribution >= 4 is 22.6 Å². The lowest BCUT2D eigenvalue weighted by molar-refractivity contribution is 0.0936. The first-order valence-electron chi connectivity index (χ1n) is 10.9. The zero-order valence-electron chi connectivity index (χ0n) is 18.3. The molecule has 31 heavy (non-hydrogen) atoms. The first-order valence-corrected chi connectivity index (χ1v) is 10.9. The number of aromatic nitrogens is 3. The third-order valence-corrected chi connectivity index (χ3v) is 5.56. The summed E-state index contributed by atoms with van der Waals surface area (Å²) < 4.78 is 1.93. The van der Waals surface area contributed by atoms with E-state index in [1.807, 2.05) is 28.8 Å². The number of carbonyl (C=O) groups excluding carboxylic acids is 1. The topological polar surface area (TPSA) is 75.1 Å². The van der Waals surface area contributed by atoms with E-state index in [0.717, 1.165) is 54.9 Å². The van der Waals surface area contributed by atoms with E-state index in [-0.39, 0.29) is 5.91 Å². The Morgan fingerprint density at radius 3 is 2.81 bits per heavy atom. The number of fused-ring (bicyclic) bond motifs is 1. The summed E-state index contributed by atoms with van der Waals surface area (Å²) in [4.78, 5) is 15.3. The molecule has 1 aromatic heterocycles. The molecule has 1 aliphatic heterocycles. The summed E-state index contributed by atoms with van der Waals surface area (Å²) in [5.41, 5.74) is 2.28. The largest absolute Gasteiger partial charge is 0.345 e. The lowest BCUT2D eigenvalue weighted by Gasteiger charge is -2.21. The molecule has 2 N–H and O–H groups in total. The standard InChI is InChI=1S/C24H30N6O/c1-18(2)11-15-30-22(27-28-24(30)29-14-6-12-25-13-16-29)23(31)26-17-20-9-5-8-19-7-3-4-10-21(19)20/h3-5,7-11,25H,6,12-17H2,1-2H3,(H,26,31). The minimum atomic E-state index is -0.207. The number of nitrogens with one attached hydrogen (secondary N) is 2. The number of rotatable bonds is 6. The minimum Gasteiger partial charge on any atom is -0.345 e. The summed E-state index contributed by atoms with van der Waals surface area (Å²) in [5.74, 6) is 0.906. The van der Waals surface area contributed by atoms with E-state index in [0.29, 0.717) is 18.9 Å². The van der Waals surface area contributed by atoms with Crippen molar-refractivity contribution in [2.45, 2.75) is 33.4 Å². The Morgan fingerprint density at radius 2 is 1.94 bits per heavy atom. The predicted molar refractivity (Wildman–Crippen MR) is 124 cm³/mol. The van der Waals surface area contributed by atoms with Gasteiger partial charge in [0.25, 0.3) is 5.91 Å². The number of hydrogen-bond donors (Lipinski definition) is 2. The summed E-state index contributed by atoms with van der Waals surface area (Å²) in [5, 5.41) is 17.5. The van der Waals surface area contributed by atoms with Crippen molar-refractivity contribution < 1.29 is 4.79 Å². The van der Waals surface area contributed by atoms with E-state index in [1.54, 1.807) is 0 Å². The highest BCUT2D eigenvalue weighted by atomic mass is 16.2. The first kappa shape index (κ1) is 21.1. The van der Waals surface area contributed by atoms with Crippen LogP contribution >= 0.6 is 0 Å². The smallest absolute Gasteiger partial charge is 0.289 e. The summed E-state index contributed by atoms with van der Waals surface area (Å²) in [6.07, 6.45) is 3.14. The number of allylic oxidation sites excluding steroid dienone is 2. The number of anilines is 1. The van der Waals surface area contributed by atoms with Crippen LogP contribution < -0.4 is 15.5 Å². The van der Waals surface area contributed by atoms with Crippen molar-refractivity contribution in [1.29, 1.82) is 0 Å². The predicted octanol–water partition coefficient (Wildman–Crippen LogP) is 3.13. The lowest BCUT2D eigenvalue weighted by Crippen LogP contribution is -2.32. The van der Waals surface area contributed by atoms with Gasteiger partial charge in [0.2, 0.25) is 11.8 Å². The fourth-order valence-corrected chi connectivity index (χ4v) is 3.89. The monoisotopic (exact) mass is 418 g/mol. The molecular weight excluding hydrogens is 388 g/mol. The van der Waals surface area contributed by atoms with Crippen molar-refractivity contribution in [3.05, 3.63) is 65.5 Å². The fraction of sp³-hybridized carbons (Fsp3) is 0.375. The van der Waals surface area contributed by atoms with E-state index in [1.165, 1.54) is 5.57 Å². The van der Waals surface area contributed by atoms with Crippen molar-refractivity contribution in [3.63, 3.8) is 0 Å². The maximum atomic E-state index is 13.1. The van der Waals surface area contributed by atoms with E-state index >= 15 is 0 Å². The Labute approximate surface area is 183 Å². The molecule has 1 amide bonds. The molecular formula is C24H30N6O. The second kappa shape index (κ2) is 9.75. The average Bonchev–Trinajstić information content (AvgIpc) is 3.01. The number of carbonyl (C=O) groups is 1. The first-order chi connectivity index (χ1) is 15.1. The van der Waals surface area contributed by atoms with Crippen LogP contribution in [0.5, 0.6) is 0 Å². The molecule has 0 unspecified atom stereocenters. The number of benzene rings is 2. The van der Waals surface area contributed by atoms with Crippen LogP contribution in [0.15, 0.2) is 54.1 Å². The van der Waals surface area contributed by atoms with Crippen molar-refractivity contribution in [2.24, 2.45) is 0 Å². The van der Waals surface area contributed by atoms with Gasteiger partial charge in [0.1, 0.15) is 0 Å². The molecule has 1 saturated heterocycles. The van der Waals surface area contributed by atoms with Crippen LogP contribution in [-0.2, 0) is 13.1 Å². The van der Waals surface area contributed by atoms with Crippen molar-refractivity contribution in [1.82, 2.24) is 25.4 Å². The summed E-state index contributed by atoms with van der Waals surface area (Å²) in [6, 6.07) is 14.4. The Morgan fingerprint density at radius 1 is 1.10 bits per heavy atom. The molecule has 4 rings (SSSR count). The van der Waals surface area contributed by atoms with Gasteiger partial charge in [-0.3, -0.25) is 9.36 Å². The van der Waals surface area contributed by atoms with Crippen molar-refractivity contribution in [3.8, 4) is 0 Å². The van der Waals surface area contributed by atoms with Gasteiger partial charge in [0.15, 0.2) is 0 Å². The van der Waals surface area contributed by atoms with Gasteiger partial charge in [-0.25, -0.2) is 0 Å². The van der Waals surface area contributed by atoms with Crippen LogP contribution in [0.2, 0.25) is 0 Å². The molecule has 0 saturated carbocycles. The third-order valence-electron chi connectivity index (χ3n) is 5.56. The van der Waals surface area contributed by atoms with Gasteiger partial charge in [-0.1, -0.05) is 54.1 Å². The van der Waals surface area contributed by atoms with E-state index < -0.39 is 0 Å². The van der Waals surface area contributed by atoms with E-state index in [9.17, 15) is 4.79 Å². The SMILES string of the molecule is CC(C)=CCn1c(C(=O)NCc2cccc3ccccc23)nnc1N1CCCNCC1. The molecule has 0 bridgehead atoms. The van der Waals surface area contributed by atoms with Crippen molar-refractivity contribution in [2.75, 3.05) is 31.1 Å². The molecule has 3 aromatic rings. The van der Waals surface area contributed by atoms with E-state index in [2.05, 4.69) is 63.9 Å². The second-order valence-corrected chi connectivity index (χ2v) is 8.13. The van der Waals surface area contributed by atoms with Crippen LogP contribution in [0, 0.1) is 0 Å². The summed E-state index contributed by atoms with van der Waals surface area (Å²) in [7, 11) is 0. The molecule has 0 radical (unpaired) electrons. The molecule has 0 aliphatic carbocycles. The number of hydrogen-bond acceptors (Lipinski definition) is 5. The van der Waals surface area contributed by atoms with Crippen LogP contribution in [0.25, 0.3) is 10.8 Å². The zero-order valence-corrected chi connectivity index (χ0v) is 18.3. The highest BCUT2D eigenvalue weighted by Gasteiger charge is 2.22. The molecule has 0 atom stereocenters. The zero-order chi connectivity index (χ0) is 21.6. The van der Waals surface area contributed by atoms with Gasteiger partial charge < -0.3 is 15.5 Å². The fourth-order valence-electron chi connectivity index (χ4n) is 3.89. The minimum absolute atomic E-state index is 0.207. The van der Waals surface area contributed by atoms with E-state index in [4.69, 9.17) is 0 Å². The molecule has 7 heteroatoms. The molecule has 0 spiro atoms. The molecule has 1 aliphatic rings. The quantitative estimate of drug-likeness (QED) is 0.602. The maximum Gasteiger partial charge on any atom is 0.289 e. The highest BCUT2D eigenvalue weighted by Crippen LogP contribution is 2.19. The van der Waals surface area contributed by atoms with Gasteiger partial charge >= 0.3 is 0 Å². The third kappa shape index (κ3) is 4.94. The Balaban J connectivity index is 1.57. The van der Waals surface area contributed by atoms with Crippen LogP contribution in [-0.4, -0.2) is 46.9 Å². The average molecular weight is 419 g/mol. The molecule has 2 aromatic carbocycles. The Hall–Kier alpha value is -3.19.